The maximum atomic E-state index is 12.9. The Morgan fingerprint density at radius 3 is 2.57 bits per heavy atom. The molecule has 1 aromatic carbocycles. The van der Waals surface area contributed by atoms with Crippen LogP contribution in [-0.4, -0.2) is 70.4 Å². The number of fused-ring (bicyclic) bond motifs is 1. The number of hydrogen-bond acceptors (Lipinski definition) is 5. The SMILES string of the molecule is CC(C)N(CCC(=O)O)C(=O)c1ccc2c(c1)C(=O)N(CC1CCCO1)C2=O. The molecule has 1 aromatic rings. The van der Waals surface area contributed by atoms with Crippen molar-refractivity contribution in [1.29, 1.82) is 0 Å². The third-order valence-corrected chi connectivity index (χ3v) is 5.08. The van der Waals surface area contributed by atoms with Crippen molar-refractivity contribution in [3.8, 4) is 0 Å². The average molecular weight is 388 g/mol. The standard InChI is InChI=1S/C20H24N2O6/c1-12(2)21(8-7-17(23)24)18(25)13-5-6-15-16(10-13)20(27)22(19(15)26)11-14-4-3-9-28-14/h5-6,10,12,14H,3-4,7-9,11H2,1-2H3,(H,23,24). The Morgan fingerprint density at radius 2 is 1.96 bits per heavy atom. The quantitative estimate of drug-likeness (QED) is 0.714. The zero-order chi connectivity index (χ0) is 20.4. The summed E-state index contributed by atoms with van der Waals surface area (Å²) < 4.78 is 5.52. The van der Waals surface area contributed by atoms with Gasteiger partial charge in [-0.25, -0.2) is 0 Å². The first-order chi connectivity index (χ1) is 13.3. The highest BCUT2D eigenvalue weighted by atomic mass is 16.5. The van der Waals surface area contributed by atoms with E-state index in [0.717, 1.165) is 12.8 Å². The number of imide groups is 1. The molecule has 2 heterocycles. The van der Waals surface area contributed by atoms with Crippen LogP contribution in [-0.2, 0) is 9.53 Å². The molecule has 150 valence electrons. The van der Waals surface area contributed by atoms with Crippen molar-refractivity contribution in [3.63, 3.8) is 0 Å². The van der Waals surface area contributed by atoms with Crippen LogP contribution < -0.4 is 0 Å². The van der Waals surface area contributed by atoms with Crippen LogP contribution in [0.25, 0.3) is 0 Å². The van der Waals surface area contributed by atoms with Crippen molar-refractivity contribution in [2.75, 3.05) is 19.7 Å². The van der Waals surface area contributed by atoms with Gasteiger partial charge in [-0.1, -0.05) is 0 Å². The van der Waals surface area contributed by atoms with Crippen molar-refractivity contribution < 1.29 is 29.0 Å². The molecule has 0 bridgehead atoms. The van der Waals surface area contributed by atoms with Crippen LogP contribution in [0.5, 0.6) is 0 Å². The van der Waals surface area contributed by atoms with E-state index >= 15 is 0 Å². The highest BCUT2D eigenvalue weighted by molar-refractivity contribution is 6.22. The molecule has 0 aromatic heterocycles. The molecule has 3 rings (SSSR count). The van der Waals surface area contributed by atoms with Crippen LogP contribution in [0, 0.1) is 0 Å². The second-order valence-electron chi connectivity index (χ2n) is 7.35. The van der Waals surface area contributed by atoms with Crippen molar-refractivity contribution >= 4 is 23.7 Å². The maximum absolute atomic E-state index is 12.9. The monoisotopic (exact) mass is 388 g/mol. The van der Waals surface area contributed by atoms with E-state index in [2.05, 4.69) is 0 Å². The van der Waals surface area contributed by atoms with Crippen LogP contribution in [0.3, 0.4) is 0 Å². The highest BCUT2D eigenvalue weighted by Crippen LogP contribution is 2.26. The molecule has 28 heavy (non-hydrogen) atoms. The summed E-state index contributed by atoms with van der Waals surface area (Å²) in [4.78, 5) is 51.7. The maximum Gasteiger partial charge on any atom is 0.305 e. The molecule has 1 fully saturated rings. The zero-order valence-electron chi connectivity index (χ0n) is 16.0. The fourth-order valence-electron chi connectivity index (χ4n) is 3.56. The Hall–Kier alpha value is -2.74. The van der Waals surface area contributed by atoms with Gasteiger partial charge in [-0.2, -0.15) is 0 Å². The van der Waals surface area contributed by atoms with Gasteiger partial charge in [0.15, 0.2) is 0 Å². The molecular weight excluding hydrogens is 364 g/mol. The fraction of sp³-hybridized carbons (Fsp3) is 0.500. The molecule has 1 saturated heterocycles. The topological polar surface area (TPSA) is 104 Å². The third kappa shape index (κ3) is 3.91. The summed E-state index contributed by atoms with van der Waals surface area (Å²) in [6.07, 6.45) is 1.41. The van der Waals surface area contributed by atoms with Gasteiger partial charge < -0.3 is 14.7 Å². The average Bonchev–Trinajstić information content (AvgIpc) is 3.24. The summed E-state index contributed by atoms with van der Waals surface area (Å²) >= 11 is 0. The van der Waals surface area contributed by atoms with E-state index in [1.165, 1.54) is 28.0 Å². The number of carbonyl (C=O) groups is 4. The Labute approximate surface area is 163 Å². The first kappa shape index (κ1) is 20.0. The molecule has 0 saturated carbocycles. The van der Waals surface area contributed by atoms with Crippen LogP contribution in [0.15, 0.2) is 18.2 Å². The van der Waals surface area contributed by atoms with Gasteiger partial charge in [0.1, 0.15) is 0 Å². The summed E-state index contributed by atoms with van der Waals surface area (Å²) in [6, 6.07) is 4.24. The number of ether oxygens (including phenoxy) is 1. The van der Waals surface area contributed by atoms with E-state index in [4.69, 9.17) is 9.84 Å². The van der Waals surface area contributed by atoms with Gasteiger partial charge in [-0.3, -0.25) is 24.1 Å². The predicted molar refractivity (Wildman–Crippen MR) is 99.2 cm³/mol. The normalized spacial score (nSPS) is 18.7. The largest absolute Gasteiger partial charge is 0.481 e. The Morgan fingerprint density at radius 1 is 1.25 bits per heavy atom. The van der Waals surface area contributed by atoms with Gasteiger partial charge in [0.2, 0.25) is 0 Å². The van der Waals surface area contributed by atoms with Crippen molar-refractivity contribution in [2.45, 2.75) is 45.3 Å². The molecule has 0 spiro atoms. The Balaban J connectivity index is 1.81. The van der Waals surface area contributed by atoms with Gasteiger partial charge in [-0.05, 0) is 44.9 Å². The van der Waals surface area contributed by atoms with Crippen LogP contribution in [0.4, 0.5) is 0 Å². The Bertz CT molecular complexity index is 813. The van der Waals surface area contributed by atoms with Gasteiger partial charge in [-0.15, -0.1) is 0 Å². The molecular formula is C20H24N2O6. The number of carboxylic acids is 1. The second-order valence-corrected chi connectivity index (χ2v) is 7.35. The molecule has 2 aliphatic heterocycles. The lowest BCUT2D eigenvalue weighted by Gasteiger charge is -2.26. The van der Waals surface area contributed by atoms with Crippen LogP contribution in [0.2, 0.25) is 0 Å². The minimum atomic E-state index is -0.988. The molecule has 8 heteroatoms. The molecule has 1 N–H and O–H groups in total. The van der Waals surface area contributed by atoms with Gasteiger partial charge in [0.25, 0.3) is 17.7 Å². The van der Waals surface area contributed by atoms with E-state index in [9.17, 15) is 19.2 Å². The minimum absolute atomic E-state index is 0.0704. The number of benzene rings is 1. The van der Waals surface area contributed by atoms with E-state index < -0.39 is 11.9 Å². The molecule has 0 aliphatic carbocycles. The lowest BCUT2D eigenvalue weighted by Crippen LogP contribution is -2.38. The lowest BCUT2D eigenvalue weighted by molar-refractivity contribution is -0.137. The fourth-order valence-corrected chi connectivity index (χ4v) is 3.56. The summed E-state index contributed by atoms with van der Waals surface area (Å²) in [6.45, 7) is 4.51. The summed E-state index contributed by atoms with van der Waals surface area (Å²) in [5.74, 6) is -2.15. The summed E-state index contributed by atoms with van der Waals surface area (Å²) in [5, 5.41) is 8.90. The number of hydrogen-bond donors (Lipinski definition) is 1. The van der Waals surface area contributed by atoms with Crippen molar-refractivity contribution in [1.82, 2.24) is 9.80 Å². The molecule has 1 unspecified atom stereocenters. The van der Waals surface area contributed by atoms with Gasteiger partial charge >= 0.3 is 5.97 Å². The van der Waals surface area contributed by atoms with E-state index in [1.807, 2.05) is 0 Å². The third-order valence-electron chi connectivity index (χ3n) is 5.08. The summed E-state index contributed by atoms with van der Waals surface area (Å²) in [7, 11) is 0. The number of aliphatic carboxylic acids is 1. The van der Waals surface area contributed by atoms with Crippen LogP contribution >= 0.6 is 0 Å². The molecule has 0 radical (unpaired) electrons. The zero-order valence-corrected chi connectivity index (χ0v) is 16.0. The Kier molecular flexibility index (Phi) is 5.79. The molecule has 2 aliphatic rings. The second kappa shape index (κ2) is 8.10. The van der Waals surface area contributed by atoms with E-state index in [1.54, 1.807) is 13.8 Å². The van der Waals surface area contributed by atoms with Gasteiger partial charge in [0, 0.05) is 24.8 Å². The number of carbonyl (C=O) groups excluding carboxylic acids is 3. The first-order valence-corrected chi connectivity index (χ1v) is 9.44. The predicted octanol–water partition coefficient (Wildman–Crippen LogP) is 1.79. The smallest absolute Gasteiger partial charge is 0.305 e. The number of amides is 3. The number of nitrogens with zero attached hydrogens (tertiary/aromatic N) is 2. The number of carboxylic acid groups (broad SMARTS) is 1. The van der Waals surface area contributed by atoms with Crippen LogP contribution in [0.1, 0.15) is 64.2 Å². The molecule has 8 nitrogen and oxygen atoms in total. The highest BCUT2D eigenvalue weighted by Gasteiger charge is 2.38. The molecule has 1 atom stereocenters. The summed E-state index contributed by atoms with van der Waals surface area (Å²) in [5.41, 5.74) is 0.745. The van der Waals surface area contributed by atoms with Gasteiger partial charge in [0.05, 0.1) is 30.2 Å². The number of rotatable bonds is 7. The van der Waals surface area contributed by atoms with Crippen molar-refractivity contribution in [2.24, 2.45) is 0 Å². The molecule has 3 amide bonds. The van der Waals surface area contributed by atoms with Crippen molar-refractivity contribution in [3.05, 3.63) is 34.9 Å². The lowest BCUT2D eigenvalue weighted by atomic mass is 10.0. The van der Waals surface area contributed by atoms with E-state index in [-0.39, 0.29) is 60.2 Å². The van der Waals surface area contributed by atoms with E-state index in [0.29, 0.717) is 6.61 Å². The minimum Gasteiger partial charge on any atom is -0.481 e. The first-order valence-electron chi connectivity index (χ1n) is 9.44.